The number of aliphatic hydroxyl groups excluding tert-OH is 2. The number of rotatable bonds is 12. The molecule has 0 aliphatic heterocycles. The second-order valence-electron chi connectivity index (χ2n) is 8.09. The van der Waals surface area contributed by atoms with Crippen LogP contribution in [0, 0.1) is 5.82 Å². The molecule has 0 radical (unpaired) electrons. The van der Waals surface area contributed by atoms with Gasteiger partial charge in [0.1, 0.15) is 30.3 Å². The van der Waals surface area contributed by atoms with E-state index in [0.29, 0.717) is 0 Å². The first kappa shape index (κ1) is 28.6. The lowest BCUT2D eigenvalue weighted by atomic mass is 10.2. The van der Waals surface area contributed by atoms with Crippen LogP contribution in [0.5, 0.6) is 23.1 Å². The molecule has 0 aliphatic carbocycles. The summed E-state index contributed by atoms with van der Waals surface area (Å²) in [5.41, 5.74) is -0.238. The molecule has 1 amide bonds. The number of nitrogens with one attached hydrogen (secondary N) is 2. The number of carbonyl (C=O) groups excluding carboxylic acids is 1. The molecule has 0 saturated carbocycles. The molecule has 0 atom stereocenters. The van der Waals surface area contributed by atoms with Gasteiger partial charge in [0, 0.05) is 18.7 Å². The minimum absolute atomic E-state index is 0.00400. The lowest BCUT2D eigenvalue weighted by Gasteiger charge is -2.17. The number of halogens is 2. The van der Waals surface area contributed by atoms with Crippen molar-refractivity contribution in [1.29, 1.82) is 0 Å². The maximum absolute atomic E-state index is 14.6. The summed E-state index contributed by atoms with van der Waals surface area (Å²) < 4.78 is 37.7. The zero-order valence-corrected chi connectivity index (χ0v) is 22.1. The number of fused-ring (bicyclic) bond motifs is 1. The standard InChI is InChI=1S/C25H25ClFN5O8/c1-37-17-5-3-4-15(27)13(17)11-39-19-9-16(14(26)8-18(19)40-12-21(35)28-6-7-33)32-23-22(31-25(32)36)24(38-2)30-20(10-34)29-23/h3-5,8-9,33-34H,6-7,10-12H2,1-2H3,(H,28,35)(H,31,36). The monoisotopic (exact) mass is 577 g/mol. The van der Waals surface area contributed by atoms with E-state index in [-0.39, 0.29) is 76.1 Å². The number of amides is 1. The average molecular weight is 578 g/mol. The quantitative estimate of drug-likeness (QED) is 0.193. The highest BCUT2D eigenvalue weighted by Gasteiger charge is 2.22. The van der Waals surface area contributed by atoms with E-state index >= 15 is 0 Å². The topological polar surface area (TPSA) is 170 Å². The zero-order valence-electron chi connectivity index (χ0n) is 21.4. The van der Waals surface area contributed by atoms with Gasteiger partial charge in [-0.2, -0.15) is 4.98 Å². The summed E-state index contributed by atoms with van der Waals surface area (Å²) in [5.74, 6) is -0.822. The molecule has 2 heterocycles. The van der Waals surface area contributed by atoms with Gasteiger partial charge in [0.2, 0.25) is 5.88 Å². The lowest BCUT2D eigenvalue weighted by Crippen LogP contribution is -2.31. The van der Waals surface area contributed by atoms with Crippen LogP contribution in [0.1, 0.15) is 11.4 Å². The number of aliphatic hydroxyl groups is 2. The molecule has 0 fully saturated rings. The van der Waals surface area contributed by atoms with E-state index < -0.39 is 30.6 Å². The van der Waals surface area contributed by atoms with Crippen LogP contribution in [0.3, 0.4) is 0 Å². The van der Waals surface area contributed by atoms with Gasteiger partial charge in [-0.05, 0) is 12.1 Å². The minimum atomic E-state index is -0.654. The molecular weight excluding hydrogens is 553 g/mol. The number of aromatic amines is 1. The van der Waals surface area contributed by atoms with E-state index in [0.717, 1.165) is 4.57 Å². The minimum Gasteiger partial charge on any atom is -0.496 e. The molecule has 4 N–H and O–H groups in total. The number of benzene rings is 2. The highest BCUT2D eigenvalue weighted by Crippen LogP contribution is 2.37. The van der Waals surface area contributed by atoms with E-state index in [2.05, 4.69) is 20.3 Å². The summed E-state index contributed by atoms with van der Waals surface area (Å²) in [6.07, 6.45) is 0. The number of nitrogens with zero attached hydrogens (tertiary/aromatic N) is 3. The fraction of sp³-hybridized carbons (Fsp3) is 0.280. The van der Waals surface area contributed by atoms with Gasteiger partial charge < -0.3 is 34.5 Å². The van der Waals surface area contributed by atoms with Gasteiger partial charge in [0.05, 0.1) is 37.1 Å². The molecule has 2 aromatic heterocycles. The SMILES string of the molecule is COc1cccc(F)c1COc1cc(-n2c(=O)[nH]c3c(OC)nc(CO)nc32)c(Cl)cc1OCC(=O)NCCO. The van der Waals surface area contributed by atoms with Gasteiger partial charge in [-0.15, -0.1) is 0 Å². The maximum Gasteiger partial charge on any atom is 0.332 e. The number of ether oxygens (including phenoxy) is 4. The lowest BCUT2D eigenvalue weighted by molar-refractivity contribution is -0.123. The molecule has 212 valence electrons. The predicted octanol–water partition coefficient (Wildman–Crippen LogP) is 1.48. The Morgan fingerprint density at radius 3 is 2.60 bits per heavy atom. The molecule has 40 heavy (non-hydrogen) atoms. The van der Waals surface area contributed by atoms with Crippen molar-refractivity contribution in [1.82, 2.24) is 24.8 Å². The van der Waals surface area contributed by atoms with Gasteiger partial charge in [0.15, 0.2) is 29.6 Å². The van der Waals surface area contributed by atoms with Crippen molar-refractivity contribution >= 4 is 28.7 Å². The zero-order chi connectivity index (χ0) is 28.8. The Labute approximate surface area is 231 Å². The smallest absolute Gasteiger partial charge is 0.332 e. The molecule has 15 heteroatoms. The van der Waals surface area contributed by atoms with Crippen molar-refractivity contribution in [2.45, 2.75) is 13.2 Å². The van der Waals surface area contributed by atoms with Crippen LogP contribution < -0.4 is 30.0 Å². The molecule has 2 aromatic carbocycles. The third-order valence-electron chi connectivity index (χ3n) is 5.60. The summed E-state index contributed by atoms with van der Waals surface area (Å²) in [7, 11) is 2.73. The van der Waals surface area contributed by atoms with Crippen LogP contribution in [0.15, 0.2) is 35.1 Å². The summed E-state index contributed by atoms with van der Waals surface area (Å²) in [5, 5.41) is 21.0. The number of carbonyl (C=O) groups is 1. The Kier molecular flexibility index (Phi) is 9.04. The van der Waals surface area contributed by atoms with Gasteiger partial charge >= 0.3 is 5.69 Å². The molecule has 13 nitrogen and oxygen atoms in total. The van der Waals surface area contributed by atoms with Crippen LogP contribution in [0.2, 0.25) is 5.02 Å². The third kappa shape index (κ3) is 5.93. The number of hydrogen-bond acceptors (Lipinski definition) is 10. The highest BCUT2D eigenvalue weighted by atomic mass is 35.5. The molecule has 0 aliphatic rings. The Morgan fingerprint density at radius 2 is 1.90 bits per heavy atom. The van der Waals surface area contributed by atoms with Crippen molar-refractivity contribution in [3.05, 3.63) is 63.0 Å². The molecule has 4 aromatic rings. The summed E-state index contributed by atoms with van der Waals surface area (Å²) in [6.45, 7) is -1.51. The van der Waals surface area contributed by atoms with Crippen molar-refractivity contribution in [3.8, 4) is 28.8 Å². The first-order valence-corrected chi connectivity index (χ1v) is 12.1. The van der Waals surface area contributed by atoms with Gasteiger partial charge in [0.25, 0.3) is 5.91 Å². The van der Waals surface area contributed by atoms with Crippen molar-refractivity contribution < 1.29 is 38.3 Å². The first-order chi connectivity index (χ1) is 19.3. The number of methoxy groups -OCH3 is 2. The van der Waals surface area contributed by atoms with E-state index in [9.17, 15) is 19.1 Å². The second kappa shape index (κ2) is 12.6. The van der Waals surface area contributed by atoms with Crippen molar-refractivity contribution in [2.24, 2.45) is 0 Å². The van der Waals surface area contributed by atoms with Crippen LogP contribution >= 0.6 is 11.6 Å². The summed E-state index contributed by atoms with van der Waals surface area (Å²) >= 11 is 6.55. The molecular formula is C25H25ClFN5O8. The highest BCUT2D eigenvalue weighted by molar-refractivity contribution is 6.32. The normalized spacial score (nSPS) is 10.9. The van der Waals surface area contributed by atoms with Gasteiger partial charge in [-0.3, -0.25) is 9.78 Å². The summed E-state index contributed by atoms with van der Waals surface area (Å²) in [4.78, 5) is 36.0. The molecule has 0 saturated heterocycles. The first-order valence-electron chi connectivity index (χ1n) is 11.8. The Morgan fingerprint density at radius 1 is 1.12 bits per heavy atom. The van der Waals surface area contributed by atoms with E-state index in [1.54, 1.807) is 6.07 Å². The fourth-order valence-electron chi connectivity index (χ4n) is 3.78. The van der Waals surface area contributed by atoms with E-state index in [1.165, 1.54) is 38.5 Å². The largest absolute Gasteiger partial charge is 0.496 e. The van der Waals surface area contributed by atoms with E-state index in [4.69, 9.17) is 35.7 Å². The average Bonchev–Trinajstić information content (AvgIpc) is 3.29. The van der Waals surface area contributed by atoms with Crippen LogP contribution in [0.25, 0.3) is 16.9 Å². The summed E-state index contributed by atoms with van der Waals surface area (Å²) in [6, 6.07) is 6.97. The number of aromatic nitrogens is 4. The Balaban J connectivity index is 1.81. The van der Waals surface area contributed by atoms with Crippen LogP contribution in [0.4, 0.5) is 4.39 Å². The Hall–Kier alpha value is -4.40. The van der Waals surface area contributed by atoms with Gasteiger partial charge in [-0.25, -0.2) is 18.7 Å². The van der Waals surface area contributed by atoms with Crippen LogP contribution in [-0.2, 0) is 18.0 Å². The van der Waals surface area contributed by atoms with Crippen molar-refractivity contribution in [3.63, 3.8) is 0 Å². The van der Waals surface area contributed by atoms with E-state index in [1.807, 2.05) is 0 Å². The molecule has 4 rings (SSSR count). The van der Waals surface area contributed by atoms with Crippen LogP contribution in [-0.4, -0.2) is 69.6 Å². The fourth-order valence-corrected chi connectivity index (χ4v) is 4.01. The second-order valence-corrected chi connectivity index (χ2v) is 8.50. The van der Waals surface area contributed by atoms with Crippen molar-refractivity contribution in [2.75, 3.05) is 34.0 Å². The number of imidazole rings is 1. The molecule has 0 spiro atoms. The number of H-pyrrole nitrogens is 1. The Bertz CT molecular complexity index is 1590. The van der Waals surface area contributed by atoms with Gasteiger partial charge in [-0.1, -0.05) is 17.7 Å². The number of hydrogen-bond donors (Lipinski definition) is 4. The molecule has 0 unspecified atom stereocenters. The predicted molar refractivity (Wildman–Crippen MR) is 140 cm³/mol. The molecule has 0 bridgehead atoms. The maximum atomic E-state index is 14.6. The third-order valence-corrected chi connectivity index (χ3v) is 5.90.